The number of anilines is 1. The molecule has 0 saturated carbocycles. The van der Waals surface area contributed by atoms with Gasteiger partial charge >= 0.3 is 0 Å². The van der Waals surface area contributed by atoms with Gasteiger partial charge in [-0.25, -0.2) is 0 Å². The van der Waals surface area contributed by atoms with Crippen molar-refractivity contribution < 1.29 is 0 Å². The van der Waals surface area contributed by atoms with Crippen molar-refractivity contribution in [1.29, 1.82) is 0 Å². The molecule has 3 aromatic rings. The Morgan fingerprint density at radius 3 is 2.31 bits per heavy atom. The van der Waals surface area contributed by atoms with Crippen LogP contribution in [0.4, 0.5) is 5.95 Å². The molecule has 0 amide bonds. The van der Waals surface area contributed by atoms with Gasteiger partial charge in [-0.2, -0.15) is 4.68 Å². The standard InChI is InChI=1S/C19H21ClN6/c1-15(16-7-9-17(20)10-8-16)24-11-13-25(14-12-24)19-21-22-23-26(19)18-5-3-2-4-6-18/h2-10,15H,11-14H2,1H3. The van der Waals surface area contributed by atoms with Gasteiger partial charge in [0.15, 0.2) is 0 Å². The predicted molar refractivity (Wildman–Crippen MR) is 103 cm³/mol. The van der Waals surface area contributed by atoms with Gasteiger partial charge < -0.3 is 4.90 Å². The summed E-state index contributed by atoms with van der Waals surface area (Å²) in [5, 5.41) is 13.1. The zero-order valence-corrected chi connectivity index (χ0v) is 15.4. The van der Waals surface area contributed by atoms with Crippen molar-refractivity contribution in [3.63, 3.8) is 0 Å². The molecule has 26 heavy (non-hydrogen) atoms. The number of para-hydroxylation sites is 1. The number of halogens is 1. The second kappa shape index (κ2) is 7.43. The van der Waals surface area contributed by atoms with Crippen molar-refractivity contribution in [1.82, 2.24) is 25.1 Å². The Bertz CT molecular complexity index is 840. The Kier molecular flexibility index (Phi) is 4.86. The molecular formula is C19H21ClN6. The molecule has 1 atom stereocenters. The maximum Gasteiger partial charge on any atom is 0.250 e. The van der Waals surface area contributed by atoms with E-state index in [-0.39, 0.29) is 0 Å². The minimum Gasteiger partial charge on any atom is -0.337 e. The number of aromatic nitrogens is 4. The highest BCUT2D eigenvalue weighted by atomic mass is 35.5. The molecule has 1 aliphatic rings. The number of nitrogens with zero attached hydrogens (tertiary/aromatic N) is 6. The molecule has 4 rings (SSSR count). The van der Waals surface area contributed by atoms with Crippen LogP contribution >= 0.6 is 11.6 Å². The lowest BCUT2D eigenvalue weighted by Gasteiger charge is -2.38. The molecule has 0 aliphatic carbocycles. The van der Waals surface area contributed by atoms with E-state index in [1.807, 2.05) is 42.5 Å². The lowest BCUT2D eigenvalue weighted by molar-refractivity contribution is 0.197. The zero-order valence-electron chi connectivity index (χ0n) is 14.7. The summed E-state index contributed by atoms with van der Waals surface area (Å²) < 4.78 is 1.80. The summed E-state index contributed by atoms with van der Waals surface area (Å²) in [7, 11) is 0. The summed E-state index contributed by atoms with van der Waals surface area (Å²) in [4.78, 5) is 4.73. The summed E-state index contributed by atoms with van der Waals surface area (Å²) in [6, 6.07) is 18.5. The van der Waals surface area contributed by atoms with Crippen LogP contribution in [0.5, 0.6) is 0 Å². The van der Waals surface area contributed by atoms with Gasteiger partial charge in [0.05, 0.1) is 5.69 Å². The highest BCUT2D eigenvalue weighted by molar-refractivity contribution is 6.30. The second-order valence-corrected chi connectivity index (χ2v) is 6.91. The van der Waals surface area contributed by atoms with Crippen LogP contribution in [0.1, 0.15) is 18.5 Å². The second-order valence-electron chi connectivity index (χ2n) is 6.48. The molecule has 6 nitrogen and oxygen atoms in total. The number of tetrazole rings is 1. The fraction of sp³-hybridized carbons (Fsp3) is 0.316. The maximum atomic E-state index is 6.00. The number of hydrogen-bond donors (Lipinski definition) is 0. The van der Waals surface area contributed by atoms with Gasteiger partial charge in [0.25, 0.3) is 0 Å². The van der Waals surface area contributed by atoms with Crippen LogP contribution in [-0.4, -0.2) is 51.3 Å². The maximum absolute atomic E-state index is 6.00. The summed E-state index contributed by atoms with van der Waals surface area (Å²) in [5.41, 5.74) is 2.27. The molecule has 1 saturated heterocycles. The average molecular weight is 369 g/mol. The van der Waals surface area contributed by atoms with Crippen molar-refractivity contribution in [2.75, 3.05) is 31.1 Å². The molecule has 0 spiro atoms. The van der Waals surface area contributed by atoms with Crippen molar-refractivity contribution in [2.24, 2.45) is 0 Å². The molecular weight excluding hydrogens is 348 g/mol. The summed E-state index contributed by atoms with van der Waals surface area (Å²) in [5.74, 6) is 0.801. The van der Waals surface area contributed by atoms with Crippen LogP contribution in [0.25, 0.3) is 5.69 Å². The van der Waals surface area contributed by atoms with Crippen molar-refractivity contribution >= 4 is 17.5 Å². The van der Waals surface area contributed by atoms with Gasteiger partial charge in [-0.1, -0.05) is 47.0 Å². The summed E-state index contributed by atoms with van der Waals surface area (Å²) in [6.07, 6.45) is 0. The van der Waals surface area contributed by atoms with E-state index in [4.69, 9.17) is 11.6 Å². The Hall–Kier alpha value is -2.44. The van der Waals surface area contributed by atoms with Crippen LogP contribution in [0.2, 0.25) is 5.02 Å². The van der Waals surface area contributed by atoms with Crippen LogP contribution in [0.15, 0.2) is 54.6 Å². The van der Waals surface area contributed by atoms with E-state index in [0.29, 0.717) is 6.04 Å². The lowest BCUT2D eigenvalue weighted by atomic mass is 10.1. The van der Waals surface area contributed by atoms with Gasteiger partial charge in [0.2, 0.25) is 5.95 Å². The van der Waals surface area contributed by atoms with E-state index in [2.05, 4.69) is 44.4 Å². The molecule has 0 bridgehead atoms. The lowest BCUT2D eigenvalue weighted by Crippen LogP contribution is -2.48. The number of rotatable bonds is 4. The molecule has 0 N–H and O–H groups in total. The van der Waals surface area contributed by atoms with Crippen molar-refractivity contribution in [2.45, 2.75) is 13.0 Å². The third-order valence-corrected chi connectivity index (χ3v) is 5.20. The quantitative estimate of drug-likeness (QED) is 0.707. The molecule has 2 aromatic carbocycles. The number of piperazine rings is 1. The first kappa shape index (κ1) is 17.0. The Labute approximate surface area is 158 Å². The number of hydrogen-bond acceptors (Lipinski definition) is 5. The smallest absolute Gasteiger partial charge is 0.250 e. The normalized spacial score (nSPS) is 16.6. The van der Waals surface area contributed by atoms with Crippen LogP contribution in [0.3, 0.4) is 0 Å². The van der Waals surface area contributed by atoms with E-state index in [0.717, 1.165) is 42.8 Å². The predicted octanol–water partition coefficient (Wildman–Crippen LogP) is 3.20. The minimum atomic E-state index is 0.361. The third kappa shape index (κ3) is 3.43. The molecule has 1 unspecified atom stereocenters. The summed E-state index contributed by atoms with van der Waals surface area (Å²) >= 11 is 6.00. The molecule has 1 aromatic heterocycles. The fourth-order valence-corrected chi connectivity index (χ4v) is 3.50. The highest BCUT2D eigenvalue weighted by Gasteiger charge is 2.25. The SMILES string of the molecule is CC(c1ccc(Cl)cc1)N1CCN(c2nnnn2-c2ccccc2)CC1. The van der Waals surface area contributed by atoms with Gasteiger partial charge in [-0.05, 0) is 47.2 Å². The molecule has 0 radical (unpaired) electrons. The summed E-state index contributed by atoms with van der Waals surface area (Å²) in [6.45, 7) is 5.96. The van der Waals surface area contributed by atoms with Crippen LogP contribution in [-0.2, 0) is 0 Å². The molecule has 7 heteroatoms. The fourth-order valence-electron chi connectivity index (χ4n) is 3.38. The third-order valence-electron chi connectivity index (χ3n) is 4.95. The van der Waals surface area contributed by atoms with Gasteiger partial charge in [-0.3, -0.25) is 4.90 Å². The van der Waals surface area contributed by atoms with Crippen LogP contribution < -0.4 is 4.90 Å². The Morgan fingerprint density at radius 2 is 1.62 bits per heavy atom. The average Bonchev–Trinajstić information content (AvgIpc) is 3.19. The number of benzene rings is 2. The Morgan fingerprint density at radius 1 is 0.923 bits per heavy atom. The first-order valence-corrected chi connectivity index (χ1v) is 9.18. The van der Waals surface area contributed by atoms with Crippen LogP contribution in [0, 0.1) is 0 Å². The topological polar surface area (TPSA) is 50.1 Å². The molecule has 2 heterocycles. The molecule has 134 valence electrons. The van der Waals surface area contributed by atoms with E-state index in [1.165, 1.54) is 5.56 Å². The Balaban J connectivity index is 1.45. The minimum absolute atomic E-state index is 0.361. The van der Waals surface area contributed by atoms with E-state index in [9.17, 15) is 0 Å². The highest BCUT2D eigenvalue weighted by Crippen LogP contribution is 2.24. The largest absolute Gasteiger partial charge is 0.337 e. The van der Waals surface area contributed by atoms with E-state index < -0.39 is 0 Å². The van der Waals surface area contributed by atoms with Crippen molar-refractivity contribution in [3.05, 3.63) is 65.2 Å². The first-order chi connectivity index (χ1) is 12.7. The molecule has 1 aliphatic heterocycles. The van der Waals surface area contributed by atoms with Gasteiger partial charge in [-0.15, -0.1) is 0 Å². The zero-order chi connectivity index (χ0) is 17.9. The molecule has 1 fully saturated rings. The van der Waals surface area contributed by atoms with Gasteiger partial charge in [0.1, 0.15) is 0 Å². The van der Waals surface area contributed by atoms with Crippen molar-refractivity contribution in [3.8, 4) is 5.69 Å². The monoisotopic (exact) mass is 368 g/mol. The first-order valence-electron chi connectivity index (χ1n) is 8.80. The van der Waals surface area contributed by atoms with Gasteiger partial charge in [0, 0.05) is 37.2 Å². The van der Waals surface area contributed by atoms with E-state index in [1.54, 1.807) is 4.68 Å². The van der Waals surface area contributed by atoms with E-state index >= 15 is 0 Å².